The second kappa shape index (κ2) is 8.48. The van der Waals surface area contributed by atoms with Gasteiger partial charge in [-0.05, 0) is 45.2 Å². The molecule has 1 saturated heterocycles. The number of amides is 1. The summed E-state index contributed by atoms with van der Waals surface area (Å²) in [5.74, 6) is 0.760. The summed E-state index contributed by atoms with van der Waals surface area (Å²) in [6.07, 6.45) is 3.69. The topological polar surface area (TPSA) is 44.4 Å². The molecule has 1 amide bonds. The Kier molecular flexibility index (Phi) is 7.28. The quantitative estimate of drug-likeness (QED) is 0.685. The fraction of sp³-hybridized carbons (Fsp3) is 0.929. The Bertz CT molecular complexity index is 237. The molecule has 0 aliphatic carbocycles. The molecule has 106 valence electrons. The number of nitrogens with one attached hydrogen (secondary N) is 2. The van der Waals surface area contributed by atoms with Crippen molar-refractivity contribution >= 4 is 5.91 Å². The molecular weight excluding hydrogens is 226 g/mol. The van der Waals surface area contributed by atoms with Crippen LogP contribution in [0.1, 0.15) is 40.0 Å². The Morgan fingerprint density at radius 1 is 1.22 bits per heavy atom. The highest BCUT2D eigenvalue weighted by molar-refractivity contribution is 5.77. The van der Waals surface area contributed by atoms with E-state index in [1.165, 1.54) is 25.9 Å². The summed E-state index contributed by atoms with van der Waals surface area (Å²) < 4.78 is 0. The van der Waals surface area contributed by atoms with Crippen LogP contribution in [0.15, 0.2) is 0 Å². The molecule has 1 unspecified atom stereocenters. The van der Waals surface area contributed by atoms with E-state index in [0.29, 0.717) is 18.5 Å². The van der Waals surface area contributed by atoms with E-state index in [2.05, 4.69) is 36.3 Å². The summed E-state index contributed by atoms with van der Waals surface area (Å²) in [5.41, 5.74) is 0. The third kappa shape index (κ3) is 6.97. The Labute approximate surface area is 111 Å². The number of hydrogen-bond donors (Lipinski definition) is 2. The predicted octanol–water partition coefficient (Wildman–Crippen LogP) is 1.22. The first-order valence-electron chi connectivity index (χ1n) is 7.30. The van der Waals surface area contributed by atoms with E-state index in [-0.39, 0.29) is 5.91 Å². The minimum Gasteiger partial charge on any atom is -0.355 e. The number of carbonyl (C=O) groups excluding carboxylic acids is 1. The molecule has 1 aliphatic rings. The second-order valence-corrected chi connectivity index (χ2v) is 5.82. The van der Waals surface area contributed by atoms with Gasteiger partial charge < -0.3 is 15.5 Å². The maximum Gasteiger partial charge on any atom is 0.233 e. The molecule has 1 atom stereocenters. The minimum atomic E-state index is 0.115. The molecular formula is C14H29N3O. The summed E-state index contributed by atoms with van der Waals surface area (Å²) in [5, 5.41) is 6.24. The summed E-state index contributed by atoms with van der Waals surface area (Å²) >= 11 is 0. The third-order valence-corrected chi connectivity index (χ3v) is 3.39. The Hall–Kier alpha value is -0.610. The van der Waals surface area contributed by atoms with Gasteiger partial charge in [-0.2, -0.15) is 0 Å². The minimum absolute atomic E-state index is 0.115. The van der Waals surface area contributed by atoms with E-state index in [9.17, 15) is 4.79 Å². The van der Waals surface area contributed by atoms with Crippen molar-refractivity contribution in [1.82, 2.24) is 15.5 Å². The summed E-state index contributed by atoms with van der Waals surface area (Å²) in [6, 6.07) is 0.388. The van der Waals surface area contributed by atoms with Crippen molar-refractivity contribution in [1.29, 1.82) is 0 Å². The average Bonchev–Trinajstić information content (AvgIpc) is 2.78. The summed E-state index contributed by atoms with van der Waals surface area (Å²) in [7, 11) is 0. The molecule has 18 heavy (non-hydrogen) atoms. The molecule has 1 aliphatic heterocycles. The molecule has 0 aromatic carbocycles. The molecule has 0 radical (unpaired) electrons. The van der Waals surface area contributed by atoms with Gasteiger partial charge in [0.25, 0.3) is 0 Å². The molecule has 0 bridgehead atoms. The molecule has 1 rings (SSSR count). The number of rotatable bonds is 8. The molecule has 4 nitrogen and oxygen atoms in total. The lowest BCUT2D eigenvalue weighted by atomic mass is 10.1. The van der Waals surface area contributed by atoms with Crippen molar-refractivity contribution in [2.24, 2.45) is 5.92 Å². The van der Waals surface area contributed by atoms with Gasteiger partial charge in [0, 0.05) is 19.1 Å². The van der Waals surface area contributed by atoms with E-state index in [0.717, 1.165) is 19.5 Å². The Morgan fingerprint density at radius 3 is 2.50 bits per heavy atom. The number of carbonyl (C=O) groups is 1. The van der Waals surface area contributed by atoms with Gasteiger partial charge in [0.15, 0.2) is 0 Å². The van der Waals surface area contributed by atoms with E-state index < -0.39 is 0 Å². The van der Waals surface area contributed by atoms with Gasteiger partial charge in [-0.15, -0.1) is 0 Å². The van der Waals surface area contributed by atoms with Crippen molar-refractivity contribution < 1.29 is 4.79 Å². The first kappa shape index (κ1) is 15.4. The molecule has 0 aromatic rings. The van der Waals surface area contributed by atoms with Gasteiger partial charge in [0.1, 0.15) is 0 Å². The molecule has 2 N–H and O–H groups in total. The van der Waals surface area contributed by atoms with Crippen LogP contribution in [0, 0.1) is 5.92 Å². The van der Waals surface area contributed by atoms with Crippen molar-refractivity contribution in [2.75, 3.05) is 32.7 Å². The van der Waals surface area contributed by atoms with Crippen LogP contribution in [0.5, 0.6) is 0 Å². The zero-order chi connectivity index (χ0) is 13.4. The highest BCUT2D eigenvalue weighted by atomic mass is 16.1. The zero-order valence-corrected chi connectivity index (χ0v) is 12.2. The Morgan fingerprint density at radius 2 is 1.89 bits per heavy atom. The lowest BCUT2D eigenvalue weighted by Gasteiger charge is -2.21. The van der Waals surface area contributed by atoms with Crippen molar-refractivity contribution in [3.8, 4) is 0 Å². The highest BCUT2D eigenvalue weighted by Crippen LogP contribution is 2.07. The standard InChI is InChI=1S/C14H29N3O/c1-12(2)6-7-15-14(18)10-16-13(3)11-17-8-4-5-9-17/h12-13,16H,4-11H2,1-3H3,(H,15,18). The van der Waals surface area contributed by atoms with Gasteiger partial charge in [-0.1, -0.05) is 13.8 Å². The van der Waals surface area contributed by atoms with Crippen LogP contribution < -0.4 is 10.6 Å². The SMILES string of the molecule is CC(C)CCNC(=O)CNC(C)CN1CCCC1. The maximum atomic E-state index is 11.6. The van der Waals surface area contributed by atoms with Crippen LogP contribution in [0.25, 0.3) is 0 Å². The van der Waals surface area contributed by atoms with Gasteiger partial charge in [-0.25, -0.2) is 0 Å². The first-order valence-corrected chi connectivity index (χ1v) is 7.30. The van der Waals surface area contributed by atoms with E-state index in [4.69, 9.17) is 0 Å². The predicted molar refractivity (Wildman–Crippen MR) is 75.6 cm³/mol. The van der Waals surface area contributed by atoms with Gasteiger partial charge in [-0.3, -0.25) is 4.79 Å². The van der Waals surface area contributed by atoms with E-state index in [1.54, 1.807) is 0 Å². The molecule has 0 aromatic heterocycles. The smallest absolute Gasteiger partial charge is 0.233 e. The lowest BCUT2D eigenvalue weighted by molar-refractivity contribution is -0.120. The molecule has 4 heteroatoms. The van der Waals surface area contributed by atoms with Crippen LogP contribution in [-0.2, 0) is 4.79 Å². The van der Waals surface area contributed by atoms with E-state index in [1.807, 2.05) is 0 Å². The number of likely N-dealkylation sites (tertiary alicyclic amines) is 1. The van der Waals surface area contributed by atoms with Crippen LogP contribution in [0.3, 0.4) is 0 Å². The third-order valence-electron chi connectivity index (χ3n) is 3.39. The highest BCUT2D eigenvalue weighted by Gasteiger charge is 2.14. The number of hydrogen-bond acceptors (Lipinski definition) is 3. The monoisotopic (exact) mass is 255 g/mol. The maximum absolute atomic E-state index is 11.6. The Balaban J connectivity index is 2.02. The zero-order valence-electron chi connectivity index (χ0n) is 12.2. The van der Waals surface area contributed by atoms with Crippen molar-refractivity contribution in [3.63, 3.8) is 0 Å². The van der Waals surface area contributed by atoms with Gasteiger partial charge >= 0.3 is 0 Å². The fourth-order valence-electron chi connectivity index (χ4n) is 2.25. The van der Waals surface area contributed by atoms with Gasteiger partial charge in [0.2, 0.25) is 5.91 Å². The van der Waals surface area contributed by atoms with Crippen molar-refractivity contribution in [3.05, 3.63) is 0 Å². The van der Waals surface area contributed by atoms with Gasteiger partial charge in [0.05, 0.1) is 6.54 Å². The fourth-order valence-corrected chi connectivity index (χ4v) is 2.25. The lowest BCUT2D eigenvalue weighted by Crippen LogP contribution is -2.43. The van der Waals surface area contributed by atoms with Crippen LogP contribution in [0.2, 0.25) is 0 Å². The normalized spacial score (nSPS) is 18.2. The molecule has 1 fully saturated rings. The first-order chi connectivity index (χ1) is 8.58. The summed E-state index contributed by atoms with van der Waals surface area (Å²) in [4.78, 5) is 14.0. The average molecular weight is 255 g/mol. The van der Waals surface area contributed by atoms with Crippen LogP contribution in [0.4, 0.5) is 0 Å². The molecule has 0 saturated carbocycles. The summed E-state index contributed by atoms with van der Waals surface area (Å²) in [6.45, 7) is 11.2. The van der Waals surface area contributed by atoms with Crippen LogP contribution >= 0.6 is 0 Å². The second-order valence-electron chi connectivity index (χ2n) is 5.82. The molecule has 0 spiro atoms. The van der Waals surface area contributed by atoms with E-state index >= 15 is 0 Å². The van der Waals surface area contributed by atoms with Crippen LogP contribution in [-0.4, -0.2) is 49.6 Å². The van der Waals surface area contributed by atoms with Crippen molar-refractivity contribution in [2.45, 2.75) is 46.1 Å². The largest absolute Gasteiger partial charge is 0.355 e. The number of nitrogens with zero attached hydrogens (tertiary/aromatic N) is 1. The molecule has 1 heterocycles.